The molecular formula is C18H17N3O6S. The van der Waals surface area contributed by atoms with E-state index in [2.05, 4.69) is 10.0 Å². The summed E-state index contributed by atoms with van der Waals surface area (Å²) in [5, 5.41) is 2.11. The average Bonchev–Trinajstić information content (AvgIpc) is 2.94. The molecule has 0 spiro atoms. The van der Waals surface area contributed by atoms with Crippen LogP contribution in [0.4, 0.5) is 5.69 Å². The SMILES string of the molecule is CN(C)C(=O)COc1ccc(NS(=O)(=O)c2ccc3c(c2)C(=O)NC3=O)cc1. The van der Waals surface area contributed by atoms with Crippen molar-refractivity contribution in [1.29, 1.82) is 0 Å². The molecule has 0 aliphatic carbocycles. The van der Waals surface area contributed by atoms with Crippen LogP contribution >= 0.6 is 0 Å². The molecule has 28 heavy (non-hydrogen) atoms. The maximum atomic E-state index is 12.6. The van der Waals surface area contributed by atoms with Crippen molar-refractivity contribution < 1.29 is 27.5 Å². The number of anilines is 1. The smallest absolute Gasteiger partial charge is 0.261 e. The van der Waals surface area contributed by atoms with Gasteiger partial charge in [-0.15, -0.1) is 0 Å². The lowest BCUT2D eigenvalue weighted by atomic mass is 10.1. The zero-order valence-corrected chi connectivity index (χ0v) is 15.9. The van der Waals surface area contributed by atoms with Gasteiger partial charge < -0.3 is 9.64 Å². The van der Waals surface area contributed by atoms with E-state index in [1.165, 1.54) is 41.3 Å². The first-order chi connectivity index (χ1) is 13.2. The molecule has 0 atom stereocenters. The van der Waals surface area contributed by atoms with Gasteiger partial charge in [0.05, 0.1) is 16.0 Å². The third-order valence-corrected chi connectivity index (χ3v) is 5.36. The number of likely N-dealkylation sites (N-methyl/N-ethyl adjacent to an activating group) is 1. The fourth-order valence-electron chi connectivity index (χ4n) is 2.42. The van der Waals surface area contributed by atoms with Gasteiger partial charge in [-0.25, -0.2) is 8.42 Å². The molecule has 0 aromatic heterocycles. The summed E-state index contributed by atoms with van der Waals surface area (Å²) in [6.45, 7) is -0.131. The van der Waals surface area contributed by atoms with Gasteiger partial charge in [0.2, 0.25) is 0 Å². The number of imide groups is 1. The Bertz CT molecular complexity index is 1060. The highest BCUT2D eigenvalue weighted by molar-refractivity contribution is 7.92. The van der Waals surface area contributed by atoms with Crippen molar-refractivity contribution in [2.24, 2.45) is 0 Å². The summed E-state index contributed by atoms with van der Waals surface area (Å²) in [4.78, 5) is 36.0. The van der Waals surface area contributed by atoms with Crippen LogP contribution in [0.5, 0.6) is 5.75 Å². The maximum Gasteiger partial charge on any atom is 0.261 e. The Hall–Kier alpha value is -3.40. The molecule has 3 rings (SSSR count). The minimum atomic E-state index is -3.97. The molecule has 1 aliphatic rings. The quantitative estimate of drug-likeness (QED) is 0.689. The third kappa shape index (κ3) is 3.96. The number of rotatable bonds is 6. The second-order valence-corrected chi connectivity index (χ2v) is 7.88. The number of hydrogen-bond acceptors (Lipinski definition) is 6. The molecule has 3 amide bonds. The van der Waals surface area contributed by atoms with E-state index in [-0.39, 0.29) is 34.2 Å². The molecule has 10 heteroatoms. The van der Waals surface area contributed by atoms with Gasteiger partial charge in [-0.05, 0) is 42.5 Å². The van der Waals surface area contributed by atoms with Crippen LogP contribution in [-0.4, -0.2) is 51.7 Å². The molecule has 1 aliphatic heterocycles. The van der Waals surface area contributed by atoms with Crippen LogP contribution in [0.25, 0.3) is 0 Å². The number of hydrogen-bond donors (Lipinski definition) is 2. The molecule has 0 fully saturated rings. The lowest BCUT2D eigenvalue weighted by Crippen LogP contribution is -2.27. The van der Waals surface area contributed by atoms with Crippen LogP contribution in [-0.2, 0) is 14.8 Å². The Kier molecular flexibility index (Phi) is 5.06. The molecule has 9 nitrogen and oxygen atoms in total. The van der Waals surface area contributed by atoms with Crippen molar-refractivity contribution in [2.45, 2.75) is 4.90 Å². The van der Waals surface area contributed by atoms with E-state index in [1.807, 2.05) is 0 Å². The van der Waals surface area contributed by atoms with Crippen LogP contribution in [0.1, 0.15) is 20.7 Å². The van der Waals surface area contributed by atoms with Gasteiger partial charge in [0, 0.05) is 19.8 Å². The number of carbonyl (C=O) groups is 3. The average molecular weight is 403 g/mol. The van der Waals surface area contributed by atoms with Crippen LogP contribution in [0.2, 0.25) is 0 Å². The Balaban J connectivity index is 1.73. The maximum absolute atomic E-state index is 12.6. The number of nitrogens with one attached hydrogen (secondary N) is 2. The Labute approximate surface area is 161 Å². The normalized spacial score (nSPS) is 12.9. The monoisotopic (exact) mass is 403 g/mol. The van der Waals surface area contributed by atoms with Crippen molar-refractivity contribution in [1.82, 2.24) is 10.2 Å². The molecule has 0 saturated heterocycles. The largest absolute Gasteiger partial charge is 0.484 e. The van der Waals surface area contributed by atoms with Crippen molar-refractivity contribution in [3.63, 3.8) is 0 Å². The van der Waals surface area contributed by atoms with Gasteiger partial charge >= 0.3 is 0 Å². The number of fused-ring (bicyclic) bond motifs is 1. The van der Waals surface area contributed by atoms with Gasteiger partial charge in [-0.3, -0.25) is 24.4 Å². The van der Waals surface area contributed by atoms with Crippen molar-refractivity contribution in [2.75, 3.05) is 25.4 Å². The molecule has 0 radical (unpaired) electrons. The van der Waals surface area contributed by atoms with E-state index in [0.29, 0.717) is 5.75 Å². The highest BCUT2D eigenvalue weighted by atomic mass is 32.2. The van der Waals surface area contributed by atoms with Crippen LogP contribution < -0.4 is 14.8 Å². The highest BCUT2D eigenvalue weighted by Crippen LogP contribution is 2.23. The van der Waals surface area contributed by atoms with E-state index in [0.717, 1.165) is 6.07 Å². The lowest BCUT2D eigenvalue weighted by Gasteiger charge is -2.12. The zero-order chi connectivity index (χ0) is 20.5. The number of ether oxygens (including phenoxy) is 1. The number of amides is 3. The standard InChI is InChI=1S/C18H17N3O6S/c1-21(2)16(22)10-27-12-5-3-11(4-6-12)20-28(25,26)13-7-8-14-15(9-13)18(24)19-17(14)23/h3-9,20H,10H2,1-2H3,(H,19,23,24). The summed E-state index contributed by atoms with van der Waals surface area (Å²) in [7, 11) is -0.742. The van der Waals surface area contributed by atoms with Crippen LogP contribution in [0.3, 0.4) is 0 Å². The third-order valence-electron chi connectivity index (χ3n) is 3.99. The predicted octanol–water partition coefficient (Wildman–Crippen LogP) is 0.838. The summed E-state index contributed by atoms with van der Waals surface area (Å²) in [5.74, 6) is -0.985. The molecule has 2 N–H and O–H groups in total. The number of nitrogens with zero attached hydrogens (tertiary/aromatic N) is 1. The summed E-state index contributed by atoms with van der Waals surface area (Å²) in [5.41, 5.74) is 0.423. The fourth-order valence-corrected chi connectivity index (χ4v) is 3.51. The van der Waals surface area contributed by atoms with Crippen LogP contribution in [0.15, 0.2) is 47.4 Å². The zero-order valence-electron chi connectivity index (χ0n) is 15.1. The van der Waals surface area contributed by atoms with Gasteiger partial charge in [-0.2, -0.15) is 0 Å². The second kappa shape index (κ2) is 7.31. The molecule has 2 aromatic carbocycles. The second-order valence-electron chi connectivity index (χ2n) is 6.20. The van der Waals surface area contributed by atoms with Gasteiger partial charge in [0.1, 0.15) is 5.75 Å². The van der Waals surface area contributed by atoms with E-state index >= 15 is 0 Å². The number of carbonyl (C=O) groups excluding carboxylic acids is 3. The van der Waals surface area contributed by atoms with Gasteiger partial charge in [0.25, 0.3) is 27.7 Å². The molecule has 1 heterocycles. The molecule has 2 aromatic rings. The van der Waals surface area contributed by atoms with E-state index < -0.39 is 21.8 Å². The summed E-state index contributed by atoms with van der Waals surface area (Å²) in [6.07, 6.45) is 0. The van der Waals surface area contributed by atoms with Gasteiger partial charge in [-0.1, -0.05) is 0 Å². The fraction of sp³-hybridized carbons (Fsp3) is 0.167. The van der Waals surface area contributed by atoms with Crippen molar-refractivity contribution in [3.05, 3.63) is 53.6 Å². The molecule has 0 bridgehead atoms. The Morgan fingerprint density at radius 2 is 1.68 bits per heavy atom. The van der Waals surface area contributed by atoms with E-state index in [1.54, 1.807) is 14.1 Å². The molecule has 0 unspecified atom stereocenters. The summed E-state index contributed by atoms with van der Waals surface area (Å²) >= 11 is 0. The van der Waals surface area contributed by atoms with E-state index in [4.69, 9.17) is 4.74 Å². The first-order valence-corrected chi connectivity index (χ1v) is 9.61. The summed E-state index contributed by atoms with van der Waals surface area (Å²) < 4.78 is 32.8. The van der Waals surface area contributed by atoms with Gasteiger partial charge in [0.15, 0.2) is 6.61 Å². The number of benzene rings is 2. The van der Waals surface area contributed by atoms with Crippen LogP contribution in [0, 0.1) is 0 Å². The Morgan fingerprint density at radius 3 is 2.32 bits per heavy atom. The Morgan fingerprint density at radius 1 is 1.04 bits per heavy atom. The highest BCUT2D eigenvalue weighted by Gasteiger charge is 2.28. The first kappa shape index (κ1) is 19.4. The molecular weight excluding hydrogens is 386 g/mol. The predicted molar refractivity (Wildman–Crippen MR) is 99.7 cm³/mol. The molecule has 146 valence electrons. The number of sulfonamides is 1. The summed E-state index contributed by atoms with van der Waals surface area (Å²) in [6, 6.07) is 9.72. The van der Waals surface area contributed by atoms with Crippen molar-refractivity contribution >= 4 is 33.4 Å². The minimum Gasteiger partial charge on any atom is -0.484 e. The minimum absolute atomic E-state index is 0.0159. The van der Waals surface area contributed by atoms with E-state index in [9.17, 15) is 22.8 Å². The molecule has 0 saturated carbocycles. The topological polar surface area (TPSA) is 122 Å². The van der Waals surface area contributed by atoms with Crippen molar-refractivity contribution in [3.8, 4) is 5.75 Å². The first-order valence-electron chi connectivity index (χ1n) is 8.13. The lowest BCUT2D eigenvalue weighted by molar-refractivity contribution is -0.130.